The Morgan fingerprint density at radius 2 is 2.00 bits per heavy atom. The first-order valence-electron chi connectivity index (χ1n) is 9.28. The Kier molecular flexibility index (Phi) is 9.38. The third kappa shape index (κ3) is 5.12. The van der Waals surface area contributed by atoms with E-state index in [4.69, 9.17) is 0 Å². The number of hydrogen-bond acceptors (Lipinski definition) is 4. The molecule has 0 spiro atoms. The molecule has 0 bridgehead atoms. The van der Waals surface area contributed by atoms with Gasteiger partial charge in [-0.25, -0.2) is 0 Å². The predicted molar refractivity (Wildman–Crippen MR) is 109 cm³/mol. The monoisotopic (exact) mass is 405 g/mol. The summed E-state index contributed by atoms with van der Waals surface area (Å²) in [6.07, 6.45) is 7.35. The molecule has 1 aromatic rings. The fourth-order valence-electron chi connectivity index (χ4n) is 4.21. The van der Waals surface area contributed by atoms with Gasteiger partial charge in [0.15, 0.2) is 0 Å². The number of nitrogens with one attached hydrogen (secondary N) is 1. The number of carbonyl (C=O) groups is 1. The highest BCUT2D eigenvalue weighted by Gasteiger charge is 2.38. The van der Waals surface area contributed by atoms with Gasteiger partial charge in [0.25, 0.3) is 0 Å². The largest absolute Gasteiger partial charge is 0.342 e. The number of aromatic nitrogens is 2. The van der Waals surface area contributed by atoms with Crippen LogP contribution in [0, 0.1) is 5.92 Å². The van der Waals surface area contributed by atoms with Crippen LogP contribution in [0.25, 0.3) is 0 Å². The summed E-state index contributed by atoms with van der Waals surface area (Å²) < 4.78 is 1.82. The molecule has 0 radical (unpaired) electrons. The van der Waals surface area contributed by atoms with Gasteiger partial charge in [-0.15, -0.1) is 24.8 Å². The minimum absolute atomic E-state index is 0. The molecule has 150 valence electrons. The fraction of sp³-hybridized carbons (Fsp3) is 0.778. The Bertz CT molecular complexity index is 560. The molecular formula is C18H33Cl2N5O. The van der Waals surface area contributed by atoms with E-state index in [9.17, 15) is 4.79 Å². The lowest BCUT2D eigenvalue weighted by Gasteiger charge is -2.38. The lowest BCUT2D eigenvalue weighted by Crippen LogP contribution is -2.48. The summed E-state index contributed by atoms with van der Waals surface area (Å²) in [7, 11) is 3.93. The number of carbonyl (C=O) groups excluding carboxylic acids is 1. The topological polar surface area (TPSA) is 53.4 Å². The Morgan fingerprint density at radius 3 is 2.58 bits per heavy atom. The van der Waals surface area contributed by atoms with E-state index in [-0.39, 0.29) is 36.6 Å². The van der Waals surface area contributed by atoms with Crippen LogP contribution in [0.2, 0.25) is 0 Å². The van der Waals surface area contributed by atoms with Crippen LogP contribution >= 0.6 is 24.8 Å². The minimum Gasteiger partial charge on any atom is -0.342 e. The quantitative estimate of drug-likeness (QED) is 0.812. The smallest absolute Gasteiger partial charge is 0.227 e. The number of hydrogen-bond donors (Lipinski definition) is 1. The number of nitrogens with zero attached hydrogens (tertiary/aromatic N) is 4. The summed E-state index contributed by atoms with van der Waals surface area (Å²) in [5.41, 5.74) is 1.17. The number of halogens is 2. The van der Waals surface area contributed by atoms with Crippen molar-refractivity contribution in [1.29, 1.82) is 0 Å². The maximum Gasteiger partial charge on any atom is 0.227 e. The molecule has 2 saturated heterocycles. The van der Waals surface area contributed by atoms with Crippen LogP contribution < -0.4 is 5.32 Å². The molecular weight excluding hydrogens is 373 g/mol. The summed E-state index contributed by atoms with van der Waals surface area (Å²) in [5, 5.41) is 7.67. The van der Waals surface area contributed by atoms with Gasteiger partial charge in [-0.1, -0.05) is 6.92 Å². The van der Waals surface area contributed by atoms with Crippen LogP contribution in [0.5, 0.6) is 0 Å². The second-order valence-electron chi connectivity index (χ2n) is 7.34. The molecule has 6 nitrogen and oxygen atoms in total. The molecule has 0 unspecified atom stereocenters. The Morgan fingerprint density at radius 1 is 1.31 bits per heavy atom. The van der Waals surface area contributed by atoms with E-state index in [0.717, 1.165) is 39.0 Å². The first kappa shape index (κ1) is 23.2. The number of rotatable bonds is 5. The molecule has 3 heterocycles. The molecule has 0 aliphatic carbocycles. The van der Waals surface area contributed by atoms with Crippen molar-refractivity contribution in [3.05, 3.63) is 18.0 Å². The van der Waals surface area contributed by atoms with Crippen molar-refractivity contribution in [2.45, 2.75) is 38.1 Å². The number of amides is 1. The van der Waals surface area contributed by atoms with E-state index < -0.39 is 0 Å². The van der Waals surface area contributed by atoms with Crippen LogP contribution in [-0.4, -0.2) is 71.3 Å². The van der Waals surface area contributed by atoms with Gasteiger partial charge in [0.05, 0.1) is 12.1 Å². The van der Waals surface area contributed by atoms with Crippen molar-refractivity contribution in [1.82, 2.24) is 24.9 Å². The van der Waals surface area contributed by atoms with Crippen molar-refractivity contribution in [2.24, 2.45) is 13.0 Å². The molecule has 26 heavy (non-hydrogen) atoms. The zero-order valence-corrected chi connectivity index (χ0v) is 17.7. The van der Waals surface area contributed by atoms with Crippen molar-refractivity contribution in [3.8, 4) is 0 Å². The van der Waals surface area contributed by atoms with Gasteiger partial charge in [0.1, 0.15) is 0 Å². The van der Waals surface area contributed by atoms with Gasteiger partial charge in [0.2, 0.25) is 5.91 Å². The molecule has 1 N–H and O–H groups in total. The average Bonchev–Trinajstić information content (AvgIpc) is 3.23. The van der Waals surface area contributed by atoms with Crippen molar-refractivity contribution in [3.63, 3.8) is 0 Å². The molecule has 2 fully saturated rings. The highest BCUT2D eigenvalue weighted by molar-refractivity contribution is 5.85. The van der Waals surface area contributed by atoms with Crippen LogP contribution in [0.1, 0.15) is 37.7 Å². The Hall–Kier alpha value is -0.820. The van der Waals surface area contributed by atoms with Crippen molar-refractivity contribution in [2.75, 3.05) is 39.8 Å². The SMILES string of the molecule is CCCN1CCC(N(C)C(=O)[C@H]2CNC[C@@H]2c2cnn(C)c2)CC1.Cl.Cl. The van der Waals surface area contributed by atoms with Crippen molar-refractivity contribution >= 4 is 30.7 Å². The lowest BCUT2D eigenvalue weighted by molar-refractivity contribution is -0.137. The third-order valence-electron chi connectivity index (χ3n) is 5.68. The van der Waals surface area contributed by atoms with E-state index in [2.05, 4.69) is 22.2 Å². The molecule has 2 aliphatic rings. The van der Waals surface area contributed by atoms with Crippen molar-refractivity contribution < 1.29 is 4.79 Å². The highest BCUT2D eigenvalue weighted by Crippen LogP contribution is 2.30. The minimum atomic E-state index is 0. The van der Waals surface area contributed by atoms with Crippen LogP contribution in [-0.2, 0) is 11.8 Å². The standard InChI is InChI=1S/C18H31N5O.2ClH/c1-4-7-23-8-5-15(6-9-23)22(3)18(24)17-12-19-11-16(17)14-10-20-21(2)13-14;;/h10,13,15-17,19H,4-9,11-12H2,1-3H3;2*1H/t16-,17+;;/m1../s1. The first-order valence-corrected chi connectivity index (χ1v) is 9.28. The average molecular weight is 406 g/mol. The third-order valence-corrected chi connectivity index (χ3v) is 5.68. The van der Waals surface area contributed by atoms with E-state index >= 15 is 0 Å². The molecule has 0 aromatic carbocycles. The second kappa shape index (κ2) is 10.5. The van der Waals surface area contributed by atoms with Crippen LogP contribution in [0.4, 0.5) is 0 Å². The Balaban J connectivity index is 0.00000169. The van der Waals surface area contributed by atoms with E-state index in [0.29, 0.717) is 11.9 Å². The summed E-state index contributed by atoms with van der Waals surface area (Å²) in [5.74, 6) is 0.574. The summed E-state index contributed by atoms with van der Waals surface area (Å²) >= 11 is 0. The van der Waals surface area contributed by atoms with Crippen LogP contribution in [0.3, 0.4) is 0 Å². The highest BCUT2D eigenvalue weighted by atomic mass is 35.5. The zero-order chi connectivity index (χ0) is 17.1. The number of likely N-dealkylation sites (tertiary alicyclic amines) is 1. The Labute approximate surface area is 169 Å². The first-order chi connectivity index (χ1) is 11.6. The van der Waals surface area contributed by atoms with Gasteiger partial charge < -0.3 is 15.1 Å². The molecule has 8 heteroatoms. The lowest BCUT2D eigenvalue weighted by atomic mass is 9.89. The predicted octanol–water partition coefficient (Wildman–Crippen LogP) is 1.90. The molecule has 2 aliphatic heterocycles. The summed E-state index contributed by atoms with van der Waals surface area (Å²) in [4.78, 5) is 17.6. The van der Waals surface area contributed by atoms with Gasteiger partial charge in [-0.05, 0) is 31.4 Å². The second-order valence-corrected chi connectivity index (χ2v) is 7.34. The normalized spacial score (nSPS) is 24.0. The maximum atomic E-state index is 13.1. The maximum absolute atomic E-state index is 13.1. The van der Waals surface area contributed by atoms with E-state index in [1.807, 2.05) is 36.1 Å². The zero-order valence-electron chi connectivity index (χ0n) is 16.1. The summed E-state index contributed by atoms with van der Waals surface area (Å²) in [6, 6.07) is 0.390. The number of piperidine rings is 1. The van der Waals surface area contributed by atoms with Gasteiger partial charge >= 0.3 is 0 Å². The molecule has 2 atom stereocenters. The molecule has 0 saturated carbocycles. The summed E-state index contributed by atoms with van der Waals surface area (Å²) in [6.45, 7) is 7.28. The number of aryl methyl sites for hydroxylation is 1. The van der Waals surface area contributed by atoms with E-state index in [1.165, 1.54) is 18.5 Å². The molecule has 3 rings (SSSR count). The van der Waals surface area contributed by atoms with Gasteiger partial charge in [-0.3, -0.25) is 9.48 Å². The molecule has 1 aromatic heterocycles. The van der Waals surface area contributed by atoms with Crippen LogP contribution in [0.15, 0.2) is 12.4 Å². The van der Waals surface area contributed by atoms with Gasteiger partial charge in [0, 0.05) is 58.4 Å². The fourth-order valence-corrected chi connectivity index (χ4v) is 4.21. The van der Waals surface area contributed by atoms with Gasteiger partial charge in [-0.2, -0.15) is 5.10 Å². The molecule has 1 amide bonds. The van der Waals surface area contributed by atoms with E-state index in [1.54, 1.807) is 0 Å².